The largest absolute Gasteiger partial charge is 0.480 e. The minimum atomic E-state index is -1.09. The van der Waals surface area contributed by atoms with E-state index in [1.54, 1.807) is 6.07 Å². The minimum absolute atomic E-state index is 0.164. The smallest absolute Gasteiger partial charge is 0.326 e. The van der Waals surface area contributed by atoms with Crippen LogP contribution >= 0.6 is 15.9 Å². The summed E-state index contributed by atoms with van der Waals surface area (Å²) in [5, 5.41) is 22.6. The average molecular weight is 333 g/mol. The number of nitrogens with one attached hydrogen (secondary N) is 1. The van der Waals surface area contributed by atoms with Crippen LogP contribution < -0.4 is 5.32 Å². The quantitative estimate of drug-likeness (QED) is 0.586. The first-order valence-corrected chi connectivity index (χ1v) is 6.17. The summed E-state index contributed by atoms with van der Waals surface area (Å²) in [6.07, 6.45) is 0.207. The van der Waals surface area contributed by atoms with Gasteiger partial charge in [-0.05, 0) is 12.1 Å². The summed E-state index contributed by atoms with van der Waals surface area (Å²) in [5.41, 5.74) is -0.0188. The van der Waals surface area contributed by atoms with Gasteiger partial charge >= 0.3 is 5.97 Å². The SMILES string of the molecule is COCCC(Nc1ccc(Br)cc1[N+](=O)[O-])C(=O)O. The van der Waals surface area contributed by atoms with Crippen molar-refractivity contribution in [2.45, 2.75) is 12.5 Å². The highest BCUT2D eigenvalue weighted by molar-refractivity contribution is 9.10. The Morgan fingerprint density at radius 1 is 1.63 bits per heavy atom. The van der Waals surface area contributed by atoms with Crippen LogP contribution in [0.25, 0.3) is 0 Å². The van der Waals surface area contributed by atoms with Gasteiger partial charge in [-0.3, -0.25) is 10.1 Å². The van der Waals surface area contributed by atoms with E-state index < -0.39 is 16.9 Å². The fourth-order valence-corrected chi connectivity index (χ4v) is 1.81. The highest BCUT2D eigenvalue weighted by Gasteiger charge is 2.21. The van der Waals surface area contributed by atoms with Gasteiger partial charge in [0.2, 0.25) is 0 Å². The first-order chi connectivity index (χ1) is 8.95. The molecular formula is C11H13BrN2O5. The number of nitrogens with zero attached hydrogens (tertiary/aromatic N) is 1. The predicted octanol–water partition coefficient (Wildman–Crippen LogP) is 2.26. The second-order valence-corrected chi connectivity index (χ2v) is 4.65. The molecule has 0 bridgehead atoms. The zero-order valence-corrected chi connectivity index (χ0v) is 11.7. The van der Waals surface area contributed by atoms with Crippen LogP contribution in [0.5, 0.6) is 0 Å². The molecule has 0 radical (unpaired) electrons. The van der Waals surface area contributed by atoms with Crippen LogP contribution in [-0.4, -0.2) is 35.8 Å². The van der Waals surface area contributed by atoms with Crippen molar-refractivity contribution >= 4 is 33.3 Å². The Balaban J connectivity index is 2.95. The highest BCUT2D eigenvalue weighted by atomic mass is 79.9. The van der Waals surface area contributed by atoms with Gasteiger partial charge in [-0.25, -0.2) is 4.79 Å². The number of anilines is 1. The molecule has 2 N–H and O–H groups in total. The lowest BCUT2D eigenvalue weighted by molar-refractivity contribution is -0.384. The van der Waals surface area contributed by atoms with Gasteiger partial charge in [-0.2, -0.15) is 0 Å². The van der Waals surface area contributed by atoms with E-state index in [1.165, 1.54) is 19.2 Å². The third-order valence-electron chi connectivity index (χ3n) is 2.39. The second-order valence-electron chi connectivity index (χ2n) is 3.74. The monoisotopic (exact) mass is 332 g/mol. The summed E-state index contributed by atoms with van der Waals surface area (Å²) >= 11 is 3.13. The molecule has 104 valence electrons. The molecule has 0 fully saturated rings. The number of benzene rings is 1. The van der Waals surface area contributed by atoms with Crippen molar-refractivity contribution in [3.05, 3.63) is 32.8 Å². The number of carboxylic acids is 1. The molecule has 0 saturated heterocycles. The van der Waals surface area contributed by atoms with Gasteiger partial charge in [0.15, 0.2) is 0 Å². The number of hydrogen-bond donors (Lipinski definition) is 2. The Kier molecular flexibility index (Phi) is 5.71. The second kappa shape index (κ2) is 7.05. The molecule has 1 rings (SSSR count). The predicted molar refractivity (Wildman–Crippen MR) is 72.3 cm³/mol. The van der Waals surface area contributed by atoms with Crippen molar-refractivity contribution in [3.63, 3.8) is 0 Å². The van der Waals surface area contributed by atoms with Gasteiger partial charge in [0.25, 0.3) is 5.69 Å². The molecule has 8 heteroatoms. The fourth-order valence-electron chi connectivity index (χ4n) is 1.46. The lowest BCUT2D eigenvalue weighted by Crippen LogP contribution is -2.30. The fraction of sp³-hybridized carbons (Fsp3) is 0.364. The maximum absolute atomic E-state index is 11.1. The Bertz CT molecular complexity index is 480. The van der Waals surface area contributed by atoms with Gasteiger partial charge in [0, 0.05) is 30.7 Å². The molecule has 1 aromatic rings. The summed E-state index contributed by atoms with van der Waals surface area (Å²) in [6.45, 7) is 0.244. The first kappa shape index (κ1) is 15.4. The molecule has 0 amide bonds. The van der Waals surface area contributed by atoms with E-state index >= 15 is 0 Å². The van der Waals surface area contributed by atoms with Gasteiger partial charge in [-0.1, -0.05) is 15.9 Å². The van der Waals surface area contributed by atoms with Crippen LogP contribution in [0.2, 0.25) is 0 Å². The van der Waals surface area contributed by atoms with E-state index in [1.807, 2.05) is 0 Å². The number of halogens is 1. The zero-order valence-electron chi connectivity index (χ0n) is 10.1. The number of carboxylic acid groups (broad SMARTS) is 1. The molecule has 0 aliphatic carbocycles. The van der Waals surface area contributed by atoms with Gasteiger partial charge in [0.1, 0.15) is 11.7 Å². The highest BCUT2D eigenvalue weighted by Crippen LogP contribution is 2.28. The van der Waals surface area contributed by atoms with Gasteiger partial charge in [-0.15, -0.1) is 0 Å². The molecule has 0 aliphatic heterocycles. The first-order valence-electron chi connectivity index (χ1n) is 5.38. The van der Waals surface area contributed by atoms with Crippen molar-refractivity contribution in [1.82, 2.24) is 0 Å². The Labute approximate surface area is 117 Å². The van der Waals surface area contributed by atoms with Crippen LogP contribution in [0, 0.1) is 10.1 Å². The summed E-state index contributed by atoms with van der Waals surface area (Å²) in [5.74, 6) is -1.09. The van der Waals surface area contributed by atoms with E-state index in [0.717, 1.165) is 0 Å². The van der Waals surface area contributed by atoms with Crippen molar-refractivity contribution in [3.8, 4) is 0 Å². The van der Waals surface area contributed by atoms with Gasteiger partial charge in [0.05, 0.1) is 4.92 Å². The van der Waals surface area contributed by atoms with Crippen LogP contribution in [0.3, 0.4) is 0 Å². The van der Waals surface area contributed by atoms with Crippen LogP contribution in [0.1, 0.15) is 6.42 Å². The lowest BCUT2D eigenvalue weighted by Gasteiger charge is -2.15. The van der Waals surface area contributed by atoms with E-state index in [2.05, 4.69) is 21.2 Å². The number of methoxy groups -OCH3 is 1. The standard InChI is InChI=1S/C11H13BrN2O5/c1-19-5-4-9(11(15)16)13-8-3-2-7(12)6-10(8)14(17)18/h2-3,6,9,13H,4-5H2,1H3,(H,15,16). The molecule has 0 spiro atoms. The molecule has 7 nitrogen and oxygen atoms in total. The van der Waals surface area contributed by atoms with E-state index in [9.17, 15) is 14.9 Å². The minimum Gasteiger partial charge on any atom is -0.480 e. The molecule has 1 atom stereocenters. The Morgan fingerprint density at radius 2 is 2.32 bits per heavy atom. The van der Waals surface area contributed by atoms with E-state index in [4.69, 9.17) is 9.84 Å². The van der Waals surface area contributed by atoms with E-state index in [-0.39, 0.29) is 24.4 Å². The number of nitro groups is 1. The molecule has 1 aromatic carbocycles. The molecule has 0 heterocycles. The third kappa shape index (κ3) is 4.49. The molecule has 1 unspecified atom stereocenters. The Morgan fingerprint density at radius 3 is 2.84 bits per heavy atom. The van der Waals surface area contributed by atoms with Gasteiger partial charge < -0.3 is 15.2 Å². The number of aliphatic carboxylic acids is 1. The summed E-state index contributed by atoms with van der Waals surface area (Å²) in [6, 6.07) is 3.44. The molecular weight excluding hydrogens is 320 g/mol. The van der Waals surface area contributed by atoms with E-state index in [0.29, 0.717) is 4.47 Å². The number of ether oxygens (including phenoxy) is 1. The summed E-state index contributed by atoms with van der Waals surface area (Å²) in [7, 11) is 1.46. The summed E-state index contributed by atoms with van der Waals surface area (Å²) in [4.78, 5) is 21.4. The van der Waals surface area contributed by atoms with Crippen molar-refractivity contribution in [1.29, 1.82) is 0 Å². The molecule has 0 aromatic heterocycles. The van der Waals surface area contributed by atoms with Crippen molar-refractivity contribution < 1.29 is 19.6 Å². The average Bonchev–Trinajstić information content (AvgIpc) is 2.35. The van der Waals surface area contributed by atoms with Crippen molar-refractivity contribution in [2.75, 3.05) is 19.0 Å². The molecule has 19 heavy (non-hydrogen) atoms. The van der Waals surface area contributed by atoms with Crippen LogP contribution in [0.15, 0.2) is 22.7 Å². The lowest BCUT2D eigenvalue weighted by atomic mass is 10.2. The topological polar surface area (TPSA) is 102 Å². The third-order valence-corrected chi connectivity index (χ3v) is 2.89. The van der Waals surface area contributed by atoms with Crippen LogP contribution in [0.4, 0.5) is 11.4 Å². The number of hydrogen-bond acceptors (Lipinski definition) is 5. The summed E-state index contributed by atoms with van der Waals surface area (Å²) < 4.78 is 5.36. The maximum atomic E-state index is 11.1. The van der Waals surface area contributed by atoms with Crippen molar-refractivity contribution in [2.24, 2.45) is 0 Å². The number of carbonyl (C=O) groups is 1. The molecule has 0 aliphatic rings. The zero-order chi connectivity index (χ0) is 14.4. The normalized spacial score (nSPS) is 11.9. The van der Waals surface area contributed by atoms with Crippen LogP contribution in [-0.2, 0) is 9.53 Å². The number of rotatable bonds is 7. The Hall–Kier alpha value is -1.67. The maximum Gasteiger partial charge on any atom is 0.326 e. The number of nitro benzene ring substituents is 1. The molecule has 0 saturated carbocycles.